The fourth-order valence-corrected chi connectivity index (χ4v) is 2.37. The molecule has 102 valence electrons. The number of nitrogens with two attached hydrogens (primary N) is 1. The molecule has 0 fully saturated rings. The van der Waals surface area contributed by atoms with E-state index < -0.39 is 0 Å². The van der Waals surface area contributed by atoms with Crippen LogP contribution in [0.4, 0.5) is 0 Å². The molecular formula is C11H16N6OS. The maximum absolute atomic E-state index is 11.3. The third kappa shape index (κ3) is 2.96. The Morgan fingerprint density at radius 1 is 1.42 bits per heavy atom. The van der Waals surface area contributed by atoms with E-state index in [0.717, 1.165) is 30.2 Å². The molecule has 0 aromatic carbocycles. The summed E-state index contributed by atoms with van der Waals surface area (Å²) in [5.41, 5.74) is 2.85. The molecule has 2 rings (SSSR count). The molecule has 0 spiro atoms. The van der Waals surface area contributed by atoms with E-state index in [2.05, 4.69) is 20.5 Å². The lowest BCUT2D eigenvalue weighted by Crippen LogP contribution is -2.29. The molecule has 0 aliphatic heterocycles. The average Bonchev–Trinajstić information content (AvgIpc) is 3.05. The van der Waals surface area contributed by atoms with Gasteiger partial charge in [0.1, 0.15) is 5.82 Å². The number of hydrazine groups is 1. The summed E-state index contributed by atoms with van der Waals surface area (Å²) in [5.74, 6) is 6.45. The van der Waals surface area contributed by atoms with Crippen LogP contribution in [0.5, 0.6) is 0 Å². The molecule has 2 aromatic heterocycles. The van der Waals surface area contributed by atoms with E-state index in [0.29, 0.717) is 11.6 Å². The summed E-state index contributed by atoms with van der Waals surface area (Å²) >= 11 is 1.26. The Morgan fingerprint density at radius 2 is 2.21 bits per heavy atom. The number of nitrogen functional groups attached to an aromatic ring is 1. The minimum Gasteiger partial charge on any atom is -0.288 e. The van der Waals surface area contributed by atoms with Crippen molar-refractivity contribution in [3.63, 3.8) is 0 Å². The van der Waals surface area contributed by atoms with Crippen molar-refractivity contribution in [1.29, 1.82) is 0 Å². The summed E-state index contributed by atoms with van der Waals surface area (Å²) in [4.78, 5) is 20.0. The number of hydrogen-bond donors (Lipinski definition) is 2. The first-order valence-electron chi connectivity index (χ1n) is 6.05. The number of hydrogen-bond acceptors (Lipinski definition) is 6. The first kappa shape index (κ1) is 13.6. The summed E-state index contributed by atoms with van der Waals surface area (Å²) in [7, 11) is 0. The number of aryl methyl sites for hydroxylation is 2. The second-order valence-corrected chi connectivity index (χ2v) is 4.78. The normalized spacial score (nSPS) is 10.7. The maximum atomic E-state index is 11.3. The highest BCUT2D eigenvalue weighted by molar-refractivity contribution is 7.11. The van der Waals surface area contributed by atoms with E-state index in [1.54, 1.807) is 0 Å². The Hall–Kier alpha value is -1.80. The molecule has 0 saturated carbocycles. The number of nitrogens with zero attached hydrogens (tertiary/aromatic N) is 4. The SMILES string of the molecule is CCc1nc(CC)n(Cc2csc(C(=O)NN)n2)n1. The zero-order valence-corrected chi connectivity index (χ0v) is 11.7. The van der Waals surface area contributed by atoms with Crippen LogP contribution in [0.15, 0.2) is 5.38 Å². The predicted molar refractivity (Wildman–Crippen MR) is 71.6 cm³/mol. The molecule has 0 aliphatic carbocycles. The summed E-state index contributed by atoms with van der Waals surface area (Å²) in [6.07, 6.45) is 1.62. The van der Waals surface area contributed by atoms with Gasteiger partial charge in [0, 0.05) is 18.2 Å². The number of rotatable bonds is 5. The van der Waals surface area contributed by atoms with Crippen LogP contribution in [0.3, 0.4) is 0 Å². The van der Waals surface area contributed by atoms with Crippen LogP contribution >= 0.6 is 11.3 Å². The molecule has 2 heterocycles. The Bertz CT molecular complexity index is 576. The molecule has 0 bridgehead atoms. The van der Waals surface area contributed by atoms with Crippen LogP contribution < -0.4 is 11.3 Å². The van der Waals surface area contributed by atoms with Gasteiger partial charge in [0.05, 0.1) is 12.2 Å². The monoisotopic (exact) mass is 280 g/mol. The maximum Gasteiger partial charge on any atom is 0.294 e. The van der Waals surface area contributed by atoms with Crippen LogP contribution in [0.1, 0.15) is 41.0 Å². The molecule has 0 atom stereocenters. The number of carbonyl (C=O) groups excluding carboxylic acids is 1. The quantitative estimate of drug-likeness (QED) is 0.472. The van der Waals surface area contributed by atoms with Crippen molar-refractivity contribution < 1.29 is 4.79 Å². The van der Waals surface area contributed by atoms with Gasteiger partial charge in [0.25, 0.3) is 5.91 Å². The fraction of sp³-hybridized carbons (Fsp3) is 0.455. The first-order chi connectivity index (χ1) is 9.17. The minimum atomic E-state index is -0.375. The van der Waals surface area contributed by atoms with Crippen molar-refractivity contribution >= 4 is 17.2 Å². The van der Waals surface area contributed by atoms with Crippen LogP contribution in [0.25, 0.3) is 0 Å². The van der Waals surface area contributed by atoms with Crippen LogP contribution in [-0.2, 0) is 19.4 Å². The summed E-state index contributed by atoms with van der Waals surface area (Å²) in [5, 5.41) is 6.60. The lowest BCUT2D eigenvalue weighted by Gasteiger charge is -2.01. The average molecular weight is 280 g/mol. The standard InChI is InChI=1S/C11H16N6OS/c1-3-8-14-9(4-2)17(16-8)5-7-6-19-11(13-7)10(18)15-12/h6H,3-5,12H2,1-2H3,(H,15,18). The van der Waals surface area contributed by atoms with Crippen LogP contribution in [0, 0.1) is 0 Å². The number of nitrogens with one attached hydrogen (secondary N) is 1. The summed E-state index contributed by atoms with van der Waals surface area (Å²) in [6, 6.07) is 0. The topological polar surface area (TPSA) is 98.7 Å². The van der Waals surface area contributed by atoms with Gasteiger partial charge in [-0.25, -0.2) is 20.5 Å². The highest BCUT2D eigenvalue weighted by Gasteiger charge is 2.12. The van der Waals surface area contributed by atoms with E-state index in [1.165, 1.54) is 11.3 Å². The van der Waals surface area contributed by atoms with Gasteiger partial charge in [-0.2, -0.15) is 5.10 Å². The van der Waals surface area contributed by atoms with Gasteiger partial charge in [0.15, 0.2) is 10.8 Å². The van der Waals surface area contributed by atoms with Gasteiger partial charge in [-0.05, 0) is 0 Å². The highest BCUT2D eigenvalue weighted by atomic mass is 32.1. The Labute approximate surface area is 114 Å². The second-order valence-electron chi connectivity index (χ2n) is 3.93. The van der Waals surface area contributed by atoms with E-state index in [1.807, 2.05) is 23.9 Å². The van der Waals surface area contributed by atoms with E-state index >= 15 is 0 Å². The molecule has 2 aromatic rings. The Morgan fingerprint density at radius 3 is 2.84 bits per heavy atom. The zero-order valence-electron chi connectivity index (χ0n) is 10.9. The van der Waals surface area contributed by atoms with E-state index in [9.17, 15) is 4.79 Å². The number of amides is 1. The van der Waals surface area contributed by atoms with Crippen molar-refractivity contribution in [2.75, 3.05) is 0 Å². The van der Waals surface area contributed by atoms with Crippen molar-refractivity contribution in [2.24, 2.45) is 5.84 Å². The van der Waals surface area contributed by atoms with E-state index in [4.69, 9.17) is 5.84 Å². The molecule has 0 radical (unpaired) electrons. The molecular weight excluding hydrogens is 264 g/mol. The van der Waals surface area contributed by atoms with Crippen LogP contribution in [-0.4, -0.2) is 25.7 Å². The molecule has 8 heteroatoms. The van der Waals surface area contributed by atoms with E-state index in [-0.39, 0.29) is 5.91 Å². The smallest absolute Gasteiger partial charge is 0.288 e. The van der Waals surface area contributed by atoms with Gasteiger partial charge in [-0.1, -0.05) is 13.8 Å². The number of thiazole rings is 1. The second kappa shape index (κ2) is 5.89. The Kier molecular flexibility index (Phi) is 4.23. The minimum absolute atomic E-state index is 0.353. The molecule has 0 aliphatic rings. The molecule has 1 amide bonds. The Balaban J connectivity index is 2.18. The molecule has 7 nitrogen and oxygen atoms in total. The van der Waals surface area contributed by atoms with Gasteiger partial charge in [-0.15, -0.1) is 11.3 Å². The third-order valence-corrected chi connectivity index (χ3v) is 3.50. The molecule has 3 N–H and O–H groups in total. The largest absolute Gasteiger partial charge is 0.294 e. The fourth-order valence-electron chi connectivity index (χ4n) is 1.66. The lowest BCUT2D eigenvalue weighted by atomic mass is 10.4. The van der Waals surface area contributed by atoms with Crippen molar-refractivity contribution in [1.82, 2.24) is 25.2 Å². The third-order valence-electron chi connectivity index (χ3n) is 2.61. The van der Waals surface area contributed by atoms with Gasteiger partial charge in [-0.3, -0.25) is 10.2 Å². The highest BCUT2D eigenvalue weighted by Crippen LogP contribution is 2.12. The summed E-state index contributed by atoms with van der Waals surface area (Å²) in [6.45, 7) is 4.57. The summed E-state index contributed by atoms with van der Waals surface area (Å²) < 4.78 is 1.83. The van der Waals surface area contributed by atoms with Crippen LogP contribution in [0.2, 0.25) is 0 Å². The van der Waals surface area contributed by atoms with Gasteiger partial charge < -0.3 is 0 Å². The number of aromatic nitrogens is 4. The van der Waals surface area contributed by atoms with Crippen molar-refractivity contribution in [2.45, 2.75) is 33.2 Å². The van der Waals surface area contributed by atoms with Crippen molar-refractivity contribution in [3.05, 3.63) is 27.7 Å². The van der Waals surface area contributed by atoms with Gasteiger partial charge in [0.2, 0.25) is 0 Å². The molecule has 0 unspecified atom stereocenters. The lowest BCUT2D eigenvalue weighted by molar-refractivity contribution is 0.0953. The molecule has 0 saturated heterocycles. The zero-order chi connectivity index (χ0) is 13.8. The molecule has 19 heavy (non-hydrogen) atoms. The van der Waals surface area contributed by atoms with Gasteiger partial charge >= 0.3 is 0 Å². The van der Waals surface area contributed by atoms with Crippen molar-refractivity contribution in [3.8, 4) is 0 Å². The predicted octanol–water partition coefficient (Wildman–Crippen LogP) is 0.511. The first-order valence-corrected chi connectivity index (χ1v) is 6.93. The number of carbonyl (C=O) groups is 1.